The molecule has 6 heteroatoms. The zero-order valence-corrected chi connectivity index (χ0v) is 15.5. The van der Waals surface area contributed by atoms with Gasteiger partial charge in [0.25, 0.3) is 5.91 Å². The summed E-state index contributed by atoms with van der Waals surface area (Å²) in [5, 5.41) is 3.97. The Morgan fingerprint density at radius 3 is 2.84 bits per heavy atom. The van der Waals surface area contributed by atoms with Gasteiger partial charge in [-0.1, -0.05) is 35.3 Å². The van der Waals surface area contributed by atoms with E-state index in [1.807, 2.05) is 24.3 Å². The number of nitrogens with zero attached hydrogens (tertiary/aromatic N) is 1. The molecular formula is C19H20Cl2N2O2. The van der Waals surface area contributed by atoms with E-state index in [2.05, 4.69) is 10.2 Å². The zero-order chi connectivity index (χ0) is 17.8. The molecule has 1 amide bonds. The van der Waals surface area contributed by atoms with Gasteiger partial charge in [-0.2, -0.15) is 0 Å². The molecule has 0 aromatic heterocycles. The number of carbonyl (C=O) groups is 1. The second-order valence-corrected chi connectivity index (χ2v) is 6.90. The number of ether oxygens (including phenoxy) is 1. The number of halogens is 2. The molecule has 1 heterocycles. The number of hydrogen-bond donors (Lipinski definition) is 1. The van der Waals surface area contributed by atoms with E-state index in [1.165, 1.54) is 0 Å². The molecule has 1 N–H and O–H groups in total. The van der Waals surface area contributed by atoms with Gasteiger partial charge in [0.1, 0.15) is 5.75 Å². The van der Waals surface area contributed by atoms with Crippen LogP contribution in [0.2, 0.25) is 10.0 Å². The topological polar surface area (TPSA) is 41.6 Å². The zero-order valence-electron chi connectivity index (χ0n) is 14.0. The molecule has 1 fully saturated rings. The van der Waals surface area contributed by atoms with Gasteiger partial charge in [-0.25, -0.2) is 0 Å². The molecule has 1 unspecified atom stereocenters. The van der Waals surface area contributed by atoms with Crippen LogP contribution in [-0.2, 0) is 0 Å². The van der Waals surface area contributed by atoms with E-state index in [9.17, 15) is 4.79 Å². The third kappa shape index (κ3) is 4.20. The molecule has 3 rings (SSSR count). The maximum Gasteiger partial charge on any atom is 0.253 e. The van der Waals surface area contributed by atoms with Crippen LogP contribution in [0.1, 0.15) is 23.2 Å². The summed E-state index contributed by atoms with van der Waals surface area (Å²) in [6, 6.07) is 12.9. The third-order valence-corrected chi connectivity index (χ3v) is 4.92. The lowest BCUT2D eigenvalue weighted by Gasteiger charge is -2.35. The highest BCUT2D eigenvalue weighted by molar-refractivity contribution is 6.35. The second-order valence-electron chi connectivity index (χ2n) is 6.05. The molecule has 2 aromatic rings. The van der Waals surface area contributed by atoms with Gasteiger partial charge in [0, 0.05) is 24.2 Å². The van der Waals surface area contributed by atoms with Crippen LogP contribution in [0.3, 0.4) is 0 Å². The number of hydrogen-bond acceptors (Lipinski definition) is 3. The minimum atomic E-state index is -0.195. The summed E-state index contributed by atoms with van der Waals surface area (Å²) in [6.07, 6.45) is 1.92. The Labute approximate surface area is 157 Å². The summed E-state index contributed by atoms with van der Waals surface area (Å²) in [6.45, 7) is 1.66. The molecular weight excluding hydrogens is 359 g/mol. The van der Waals surface area contributed by atoms with Crippen molar-refractivity contribution in [2.75, 3.05) is 25.1 Å². The van der Waals surface area contributed by atoms with Crippen molar-refractivity contribution in [2.45, 2.75) is 18.9 Å². The first-order valence-electron chi connectivity index (χ1n) is 8.22. The van der Waals surface area contributed by atoms with Crippen LogP contribution in [0, 0.1) is 0 Å². The van der Waals surface area contributed by atoms with Crippen molar-refractivity contribution in [3.05, 3.63) is 58.1 Å². The SMILES string of the molecule is COc1ccccc1N1CCCC(NC(=O)c2cc(Cl)ccc2Cl)C1. The fourth-order valence-corrected chi connectivity index (χ4v) is 3.51. The van der Waals surface area contributed by atoms with Crippen LogP contribution in [0.5, 0.6) is 5.75 Å². The average Bonchev–Trinajstić information content (AvgIpc) is 2.63. The van der Waals surface area contributed by atoms with Crippen molar-refractivity contribution in [1.82, 2.24) is 5.32 Å². The highest BCUT2D eigenvalue weighted by Gasteiger charge is 2.24. The lowest BCUT2D eigenvalue weighted by Crippen LogP contribution is -2.48. The molecule has 0 aliphatic carbocycles. The maximum atomic E-state index is 12.6. The van der Waals surface area contributed by atoms with E-state index in [0.717, 1.165) is 37.4 Å². The number of nitrogens with one attached hydrogen (secondary N) is 1. The molecule has 1 aliphatic heterocycles. The molecule has 0 saturated carbocycles. The van der Waals surface area contributed by atoms with Crippen LogP contribution in [0.25, 0.3) is 0 Å². The van der Waals surface area contributed by atoms with Crippen molar-refractivity contribution in [3.8, 4) is 5.75 Å². The number of para-hydroxylation sites is 2. The second kappa shape index (κ2) is 7.98. The number of piperidine rings is 1. The molecule has 1 aliphatic rings. The molecule has 1 atom stereocenters. The van der Waals surface area contributed by atoms with Gasteiger partial charge in [-0.05, 0) is 43.2 Å². The van der Waals surface area contributed by atoms with Crippen LogP contribution >= 0.6 is 23.2 Å². The minimum Gasteiger partial charge on any atom is -0.495 e. The first-order valence-corrected chi connectivity index (χ1v) is 8.98. The Balaban J connectivity index is 1.71. The van der Waals surface area contributed by atoms with Gasteiger partial charge in [-0.3, -0.25) is 4.79 Å². The number of carbonyl (C=O) groups excluding carboxylic acids is 1. The Morgan fingerprint density at radius 2 is 2.04 bits per heavy atom. The van der Waals surface area contributed by atoms with E-state index in [1.54, 1.807) is 25.3 Å². The number of anilines is 1. The molecule has 1 saturated heterocycles. The molecule has 4 nitrogen and oxygen atoms in total. The molecule has 2 aromatic carbocycles. The average molecular weight is 379 g/mol. The maximum absolute atomic E-state index is 12.6. The standard InChI is InChI=1S/C19H20Cl2N2O2/c1-25-18-7-3-2-6-17(18)23-10-4-5-14(12-23)22-19(24)15-11-13(20)8-9-16(15)21/h2-3,6-9,11,14H,4-5,10,12H2,1H3,(H,22,24). The molecule has 0 bridgehead atoms. The highest BCUT2D eigenvalue weighted by Crippen LogP contribution is 2.30. The van der Waals surface area contributed by atoms with Gasteiger partial charge in [0.05, 0.1) is 23.4 Å². The number of benzene rings is 2. The van der Waals surface area contributed by atoms with Crippen molar-refractivity contribution >= 4 is 34.8 Å². The summed E-state index contributed by atoms with van der Waals surface area (Å²) in [5.74, 6) is 0.645. The summed E-state index contributed by atoms with van der Waals surface area (Å²) in [7, 11) is 1.67. The Morgan fingerprint density at radius 1 is 1.24 bits per heavy atom. The Kier molecular flexibility index (Phi) is 5.71. The first-order chi connectivity index (χ1) is 12.1. The van der Waals surface area contributed by atoms with Gasteiger partial charge < -0.3 is 15.0 Å². The number of methoxy groups -OCH3 is 1. The highest BCUT2D eigenvalue weighted by atomic mass is 35.5. The normalized spacial score (nSPS) is 17.2. The van der Waals surface area contributed by atoms with Gasteiger partial charge in [0.2, 0.25) is 0 Å². The largest absolute Gasteiger partial charge is 0.495 e. The van der Waals surface area contributed by atoms with E-state index in [-0.39, 0.29) is 11.9 Å². The van der Waals surface area contributed by atoms with E-state index >= 15 is 0 Å². The van der Waals surface area contributed by atoms with Crippen LogP contribution in [-0.4, -0.2) is 32.1 Å². The predicted molar refractivity (Wildman–Crippen MR) is 102 cm³/mol. The fourth-order valence-electron chi connectivity index (χ4n) is 3.14. The van der Waals surface area contributed by atoms with E-state index < -0.39 is 0 Å². The van der Waals surface area contributed by atoms with E-state index in [4.69, 9.17) is 27.9 Å². The quantitative estimate of drug-likeness (QED) is 0.856. The monoisotopic (exact) mass is 378 g/mol. The summed E-state index contributed by atoms with van der Waals surface area (Å²) in [4.78, 5) is 14.8. The number of rotatable bonds is 4. The number of amides is 1. The predicted octanol–water partition coefficient (Wildman–Crippen LogP) is 4.40. The van der Waals surface area contributed by atoms with Crippen LogP contribution < -0.4 is 15.0 Å². The van der Waals surface area contributed by atoms with Crippen molar-refractivity contribution < 1.29 is 9.53 Å². The minimum absolute atomic E-state index is 0.0428. The lowest BCUT2D eigenvalue weighted by molar-refractivity contribution is 0.0933. The van der Waals surface area contributed by atoms with Gasteiger partial charge in [0.15, 0.2) is 0 Å². The third-order valence-electron chi connectivity index (χ3n) is 4.36. The van der Waals surface area contributed by atoms with E-state index in [0.29, 0.717) is 15.6 Å². The smallest absolute Gasteiger partial charge is 0.253 e. The molecule has 25 heavy (non-hydrogen) atoms. The Bertz CT molecular complexity index is 767. The van der Waals surface area contributed by atoms with Gasteiger partial charge in [-0.15, -0.1) is 0 Å². The lowest BCUT2D eigenvalue weighted by atomic mass is 10.0. The molecule has 0 radical (unpaired) electrons. The van der Waals surface area contributed by atoms with Crippen LogP contribution in [0.4, 0.5) is 5.69 Å². The van der Waals surface area contributed by atoms with Crippen molar-refractivity contribution in [2.24, 2.45) is 0 Å². The van der Waals surface area contributed by atoms with Crippen LogP contribution in [0.15, 0.2) is 42.5 Å². The van der Waals surface area contributed by atoms with Crippen molar-refractivity contribution in [3.63, 3.8) is 0 Å². The fraction of sp³-hybridized carbons (Fsp3) is 0.316. The molecule has 132 valence electrons. The molecule has 0 spiro atoms. The summed E-state index contributed by atoms with van der Waals surface area (Å²) in [5.41, 5.74) is 1.45. The Hall–Kier alpha value is -1.91. The summed E-state index contributed by atoms with van der Waals surface area (Å²) < 4.78 is 5.45. The van der Waals surface area contributed by atoms with Crippen molar-refractivity contribution in [1.29, 1.82) is 0 Å². The van der Waals surface area contributed by atoms with Gasteiger partial charge >= 0.3 is 0 Å². The summed E-state index contributed by atoms with van der Waals surface area (Å²) >= 11 is 12.1. The first kappa shape index (κ1) is 17.9.